The highest BCUT2D eigenvalue weighted by Gasteiger charge is 2.26. The van der Waals surface area contributed by atoms with Crippen molar-refractivity contribution in [3.05, 3.63) is 68.1 Å². The molecule has 0 fully saturated rings. The Bertz CT molecular complexity index is 913. The minimum Gasteiger partial charge on any atom is -0.352 e. The molecule has 0 unspecified atom stereocenters. The maximum atomic E-state index is 13.1. The monoisotopic (exact) mass is 544 g/mol. The zero-order valence-electron chi connectivity index (χ0n) is 17.8. The van der Waals surface area contributed by atoms with Crippen LogP contribution in [-0.2, 0) is 21.9 Å². The molecule has 1 N–H and O–H groups in total. The molecular weight excluding hydrogens is 519 g/mol. The number of benzene rings is 2. The molecule has 2 amide bonds. The maximum Gasteiger partial charge on any atom is 0.242 e. The van der Waals surface area contributed by atoms with Gasteiger partial charge >= 0.3 is 0 Å². The molecule has 0 saturated carbocycles. The first-order valence-electron chi connectivity index (χ1n) is 10.1. The molecule has 31 heavy (non-hydrogen) atoms. The van der Waals surface area contributed by atoms with E-state index in [1.54, 1.807) is 24.0 Å². The highest BCUT2D eigenvalue weighted by Crippen LogP contribution is 2.25. The SMILES string of the molecule is CC[C@H](C)NC(=O)[C@H](C)N(Cc1cccc(Br)c1)C(=O)CSCc1ccc(Cl)cc1Cl. The highest BCUT2D eigenvalue weighted by atomic mass is 79.9. The van der Waals surface area contributed by atoms with E-state index in [1.807, 2.05) is 44.2 Å². The van der Waals surface area contributed by atoms with Gasteiger partial charge in [-0.05, 0) is 55.7 Å². The van der Waals surface area contributed by atoms with Crippen LogP contribution in [0.15, 0.2) is 46.9 Å². The van der Waals surface area contributed by atoms with Gasteiger partial charge in [-0.25, -0.2) is 0 Å². The number of nitrogens with one attached hydrogen (secondary N) is 1. The highest BCUT2D eigenvalue weighted by molar-refractivity contribution is 9.10. The molecule has 4 nitrogen and oxygen atoms in total. The Hall–Kier alpha value is -1.21. The Morgan fingerprint density at radius 1 is 1.16 bits per heavy atom. The first kappa shape index (κ1) is 26.0. The molecule has 0 radical (unpaired) electrons. The Morgan fingerprint density at radius 3 is 2.55 bits per heavy atom. The number of thioether (sulfide) groups is 1. The van der Waals surface area contributed by atoms with E-state index < -0.39 is 6.04 Å². The van der Waals surface area contributed by atoms with Crippen LogP contribution in [0.4, 0.5) is 0 Å². The zero-order valence-corrected chi connectivity index (χ0v) is 21.7. The maximum absolute atomic E-state index is 13.1. The summed E-state index contributed by atoms with van der Waals surface area (Å²) in [5, 5.41) is 4.14. The molecule has 0 saturated heterocycles. The molecule has 2 aromatic carbocycles. The van der Waals surface area contributed by atoms with Gasteiger partial charge in [-0.15, -0.1) is 11.8 Å². The minimum absolute atomic E-state index is 0.0548. The number of halogens is 3. The van der Waals surface area contributed by atoms with Gasteiger partial charge in [-0.1, -0.05) is 64.3 Å². The van der Waals surface area contributed by atoms with Crippen LogP contribution in [0.1, 0.15) is 38.3 Å². The number of carbonyl (C=O) groups is 2. The van der Waals surface area contributed by atoms with Crippen LogP contribution in [0.25, 0.3) is 0 Å². The summed E-state index contributed by atoms with van der Waals surface area (Å²) in [4.78, 5) is 27.5. The van der Waals surface area contributed by atoms with Gasteiger partial charge in [0.15, 0.2) is 0 Å². The molecule has 0 aliphatic rings. The van der Waals surface area contributed by atoms with Crippen molar-refractivity contribution < 1.29 is 9.59 Å². The Balaban J connectivity index is 2.10. The Labute approximate surface area is 207 Å². The van der Waals surface area contributed by atoms with Crippen molar-refractivity contribution in [3.63, 3.8) is 0 Å². The van der Waals surface area contributed by atoms with E-state index in [4.69, 9.17) is 23.2 Å². The lowest BCUT2D eigenvalue weighted by atomic mass is 10.1. The number of nitrogens with zero attached hydrogens (tertiary/aromatic N) is 1. The average Bonchev–Trinajstić information content (AvgIpc) is 2.72. The quantitative estimate of drug-likeness (QED) is 0.380. The second-order valence-electron chi connectivity index (χ2n) is 7.37. The Kier molecular flexibility index (Phi) is 10.7. The number of amides is 2. The number of hydrogen-bond acceptors (Lipinski definition) is 3. The molecule has 2 rings (SSSR count). The lowest BCUT2D eigenvalue weighted by molar-refractivity contribution is -0.138. The number of hydrogen-bond donors (Lipinski definition) is 1. The van der Waals surface area contributed by atoms with E-state index in [0.717, 1.165) is 22.0 Å². The van der Waals surface area contributed by atoms with E-state index >= 15 is 0 Å². The summed E-state index contributed by atoms with van der Waals surface area (Å²) in [6.07, 6.45) is 0.829. The predicted molar refractivity (Wildman–Crippen MR) is 135 cm³/mol. The van der Waals surface area contributed by atoms with Crippen LogP contribution in [0.5, 0.6) is 0 Å². The molecule has 2 aromatic rings. The molecule has 168 valence electrons. The summed E-state index contributed by atoms with van der Waals surface area (Å²) in [7, 11) is 0. The molecule has 0 aromatic heterocycles. The minimum atomic E-state index is -0.583. The lowest BCUT2D eigenvalue weighted by Gasteiger charge is -2.29. The van der Waals surface area contributed by atoms with Gasteiger partial charge in [0.25, 0.3) is 0 Å². The van der Waals surface area contributed by atoms with Gasteiger partial charge in [0.1, 0.15) is 6.04 Å². The van der Waals surface area contributed by atoms with Gasteiger partial charge in [0.05, 0.1) is 5.75 Å². The standard InChI is InChI=1S/C23H27BrCl2N2O2S/c1-4-15(2)27-23(30)16(3)28(12-17-6-5-7-19(24)10-17)22(29)14-31-13-18-8-9-20(25)11-21(18)26/h5-11,15-16H,4,12-14H2,1-3H3,(H,27,30)/t15-,16-/m0/s1. The summed E-state index contributed by atoms with van der Waals surface area (Å²) in [5.74, 6) is 0.582. The third kappa shape index (κ3) is 8.33. The van der Waals surface area contributed by atoms with E-state index in [2.05, 4.69) is 21.2 Å². The first-order valence-corrected chi connectivity index (χ1v) is 12.8. The van der Waals surface area contributed by atoms with Crippen molar-refractivity contribution in [3.8, 4) is 0 Å². The average molecular weight is 546 g/mol. The smallest absolute Gasteiger partial charge is 0.242 e. The second kappa shape index (κ2) is 12.7. The fourth-order valence-corrected chi connectivity index (χ4v) is 4.77. The van der Waals surface area contributed by atoms with Crippen LogP contribution in [0.3, 0.4) is 0 Å². The summed E-state index contributed by atoms with van der Waals surface area (Å²) < 4.78 is 0.931. The first-order chi connectivity index (χ1) is 14.7. The van der Waals surface area contributed by atoms with Gasteiger partial charge in [-0.2, -0.15) is 0 Å². The van der Waals surface area contributed by atoms with Crippen molar-refractivity contribution in [1.82, 2.24) is 10.2 Å². The van der Waals surface area contributed by atoms with E-state index in [9.17, 15) is 9.59 Å². The molecule has 0 aliphatic heterocycles. The van der Waals surface area contributed by atoms with Crippen LogP contribution < -0.4 is 5.32 Å². The molecule has 8 heteroatoms. The Morgan fingerprint density at radius 2 is 1.90 bits per heavy atom. The molecule has 2 atom stereocenters. The lowest BCUT2D eigenvalue weighted by Crippen LogP contribution is -2.50. The third-order valence-electron chi connectivity index (χ3n) is 4.91. The van der Waals surface area contributed by atoms with Crippen LogP contribution >= 0.6 is 50.9 Å². The molecule has 0 spiro atoms. The van der Waals surface area contributed by atoms with Crippen molar-refractivity contribution in [2.75, 3.05) is 5.75 Å². The van der Waals surface area contributed by atoms with E-state index in [1.165, 1.54) is 11.8 Å². The predicted octanol–water partition coefficient (Wildman–Crippen LogP) is 6.32. The molecule has 0 heterocycles. The number of carbonyl (C=O) groups excluding carboxylic acids is 2. The summed E-state index contributed by atoms with van der Waals surface area (Å²) in [6.45, 7) is 6.10. The molecule has 0 aliphatic carbocycles. The molecule has 0 bridgehead atoms. The van der Waals surface area contributed by atoms with Crippen molar-refractivity contribution >= 4 is 62.7 Å². The van der Waals surface area contributed by atoms with Gasteiger partial charge in [0.2, 0.25) is 11.8 Å². The topological polar surface area (TPSA) is 49.4 Å². The second-order valence-corrected chi connectivity index (χ2v) is 10.1. The van der Waals surface area contributed by atoms with Crippen LogP contribution in [0, 0.1) is 0 Å². The summed E-state index contributed by atoms with van der Waals surface area (Å²) >= 11 is 17.1. The third-order valence-corrected chi connectivity index (χ3v) is 6.95. The largest absolute Gasteiger partial charge is 0.352 e. The normalized spacial score (nSPS) is 12.8. The fourth-order valence-electron chi connectivity index (χ4n) is 2.85. The van der Waals surface area contributed by atoms with Crippen LogP contribution in [0.2, 0.25) is 10.0 Å². The van der Waals surface area contributed by atoms with Gasteiger partial charge in [-0.3, -0.25) is 9.59 Å². The molecular formula is C23H27BrCl2N2O2S. The van der Waals surface area contributed by atoms with Crippen molar-refractivity contribution in [1.29, 1.82) is 0 Å². The van der Waals surface area contributed by atoms with Crippen molar-refractivity contribution in [2.45, 2.75) is 51.6 Å². The van der Waals surface area contributed by atoms with E-state index in [-0.39, 0.29) is 23.6 Å². The number of rotatable bonds is 10. The summed E-state index contributed by atoms with van der Waals surface area (Å²) in [6, 6.07) is 12.6. The van der Waals surface area contributed by atoms with Crippen molar-refractivity contribution in [2.24, 2.45) is 0 Å². The van der Waals surface area contributed by atoms with E-state index in [0.29, 0.717) is 22.3 Å². The fraction of sp³-hybridized carbons (Fsp3) is 0.391. The van der Waals surface area contributed by atoms with Crippen LogP contribution in [-0.4, -0.2) is 34.6 Å². The van der Waals surface area contributed by atoms with Gasteiger partial charge in [0, 0.05) is 32.9 Å². The van der Waals surface area contributed by atoms with Gasteiger partial charge < -0.3 is 10.2 Å². The zero-order chi connectivity index (χ0) is 23.0. The summed E-state index contributed by atoms with van der Waals surface area (Å²) in [5.41, 5.74) is 1.88.